The fraction of sp³-hybridized carbons (Fsp3) is 0.545. The van der Waals surface area contributed by atoms with Crippen LogP contribution < -0.4 is 0 Å². The van der Waals surface area contributed by atoms with Crippen molar-refractivity contribution in [2.75, 3.05) is 0 Å². The third-order valence-corrected chi connectivity index (χ3v) is 3.24. The number of hydrogen-bond donors (Lipinski definition) is 1. The van der Waals surface area contributed by atoms with Crippen LogP contribution in [0.3, 0.4) is 0 Å². The predicted molar refractivity (Wildman–Crippen MR) is 55.0 cm³/mol. The van der Waals surface area contributed by atoms with E-state index in [4.69, 9.17) is 0 Å². The largest absolute Gasteiger partial charge is 0.481 e. The van der Waals surface area contributed by atoms with Gasteiger partial charge in [-0.05, 0) is 31.7 Å². The molecule has 0 radical (unpaired) electrons. The second-order valence-electron chi connectivity index (χ2n) is 4.56. The summed E-state index contributed by atoms with van der Waals surface area (Å²) in [4.78, 5) is 18.0. The van der Waals surface area contributed by atoms with Gasteiger partial charge in [-0.1, -0.05) is 0 Å². The molecule has 1 aromatic rings. The number of nitrogens with zero attached hydrogens (tertiary/aromatic N) is 2. The molecule has 0 aliphatic heterocycles. The Morgan fingerprint density at radius 3 is 2.72 bits per heavy atom. The third-order valence-electron chi connectivity index (χ3n) is 3.24. The van der Waals surface area contributed by atoms with E-state index in [2.05, 4.69) is 9.97 Å². The molecule has 1 N–H and O–H groups in total. The van der Waals surface area contributed by atoms with Crippen LogP contribution in [-0.4, -0.2) is 21.0 Å². The van der Waals surface area contributed by atoms with Crippen molar-refractivity contribution >= 4 is 5.97 Å². The van der Waals surface area contributed by atoms with E-state index in [1.165, 1.54) is 6.92 Å². The Bertz CT molecular complexity index is 502. The molecular formula is C11H11F3N2O2. The Kier molecular flexibility index (Phi) is 2.79. The molecule has 4 nitrogen and oxygen atoms in total. The maximum atomic E-state index is 12.5. The lowest BCUT2D eigenvalue weighted by atomic mass is 9.75. The minimum Gasteiger partial charge on any atom is -0.481 e. The molecule has 0 saturated carbocycles. The normalized spacial score (nSPS) is 23.6. The Balaban J connectivity index is 2.59. The number of aromatic nitrogens is 2. The van der Waals surface area contributed by atoms with Gasteiger partial charge in [0.1, 0.15) is 5.41 Å². The van der Waals surface area contributed by atoms with Crippen molar-refractivity contribution < 1.29 is 23.1 Å². The van der Waals surface area contributed by atoms with E-state index < -0.39 is 23.4 Å². The molecule has 1 aliphatic carbocycles. The van der Waals surface area contributed by atoms with Crippen LogP contribution >= 0.6 is 0 Å². The van der Waals surface area contributed by atoms with Crippen LogP contribution in [0.25, 0.3) is 0 Å². The van der Waals surface area contributed by atoms with Crippen LogP contribution in [0.2, 0.25) is 0 Å². The Morgan fingerprint density at radius 1 is 1.50 bits per heavy atom. The van der Waals surface area contributed by atoms with E-state index in [1.807, 2.05) is 0 Å². The molecule has 0 amide bonds. The number of halogens is 3. The van der Waals surface area contributed by atoms with E-state index >= 15 is 0 Å². The topological polar surface area (TPSA) is 63.1 Å². The van der Waals surface area contributed by atoms with Gasteiger partial charge < -0.3 is 5.11 Å². The van der Waals surface area contributed by atoms with Gasteiger partial charge in [-0.15, -0.1) is 0 Å². The molecule has 0 aromatic carbocycles. The highest BCUT2D eigenvalue weighted by Crippen LogP contribution is 2.37. The lowest BCUT2D eigenvalue weighted by Crippen LogP contribution is -2.38. The van der Waals surface area contributed by atoms with Gasteiger partial charge in [0.2, 0.25) is 5.82 Å². The van der Waals surface area contributed by atoms with Crippen molar-refractivity contribution in [2.24, 2.45) is 0 Å². The molecule has 0 fully saturated rings. The third kappa shape index (κ3) is 1.93. The number of alkyl halides is 3. The summed E-state index contributed by atoms with van der Waals surface area (Å²) in [6, 6.07) is 0. The molecule has 1 aromatic heterocycles. The SMILES string of the molecule is CC1(C(=O)O)CCCc2cnc(C(F)(F)F)nc21. The lowest BCUT2D eigenvalue weighted by molar-refractivity contribution is -0.147. The molecule has 1 unspecified atom stereocenters. The van der Waals surface area contributed by atoms with Crippen LogP contribution in [-0.2, 0) is 22.8 Å². The van der Waals surface area contributed by atoms with Gasteiger partial charge in [0.15, 0.2) is 0 Å². The van der Waals surface area contributed by atoms with Crippen LogP contribution in [0.4, 0.5) is 13.2 Å². The zero-order valence-corrected chi connectivity index (χ0v) is 9.58. The van der Waals surface area contributed by atoms with Crippen LogP contribution in [0.5, 0.6) is 0 Å². The number of carboxylic acids is 1. The molecule has 0 saturated heterocycles. The van der Waals surface area contributed by atoms with Gasteiger partial charge in [-0.3, -0.25) is 4.79 Å². The van der Waals surface area contributed by atoms with Gasteiger partial charge in [0.05, 0.1) is 5.69 Å². The second-order valence-corrected chi connectivity index (χ2v) is 4.56. The molecule has 2 rings (SSSR count). The van der Waals surface area contributed by atoms with Crippen molar-refractivity contribution in [3.63, 3.8) is 0 Å². The van der Waals surface area contributed by atoms with Gasteiger partial charge >= 0.3 is 12.1 Å². The first-order valence-electron chi connectivity index (χ1n) is 5.42. The average Bonchev–Trinajstić information content (AvgIpc) is 2.27. The summed E-state index contributed by atoms with van der Waals surface area (Å²) in [5.74, 6) is -2.44. The van der Waals surface area contributed by atoms with Gasteiger partial charge in [0, 0.05) is 6.20 Å². The summed E-state index contributed by atoms with van der Waals surface area (Å²) in [6.07, 6.45) is -2.18. The van der Waals surface area contributed by atoms with E-state index in [0.717, 1.165) is 6.20 Å². The highest BCUT2D eigenvalue weighted by Gasteiger charge is 2.43. The van der Waals surface area contributed by atoms with Crippen molar-refractivity contribution in [3.8, 4) is 0 Å². The van der Waals surface area contributed by atoms with Crippen LogP contribution in [0.1, 0.15) is 36.8 Å². The second kappa shape index (κ2) is 3.93. The molecule has 98 valence electrons. The lowest BCUT2D eigenvalue weighted by Gasteiger charge is -2.30. The van der Waals surface area contributed by atoms with E-state index in [-0.39, 0.29) is 12.1 Å². The summed E-state index contributed by atoms with van der Waals surface area (Å²) < 4.78 is 37.6. The zero-order valence-electron chi connectivity index (χ0n) is 9.58. The molecular weight excluding hydrogens is 249 g/mol. The molecule has 0 spiro atoms. The van der Waals surface area contributed by atoms with Crippen molar-refractivity contribution in [3.05, 3.63) is 23.3 Å². The van der Waals surface area contributed by atoms with E-state index in [1.54, 1.807) is 0 Å². The van der Waals surface area contributed by atoms with E-state index in [9.17, 15) is 23.1 Å². The number of hydrogen-bond acceptors (Lipinski definition) is 3. The first-order valence-corrected chi connectivity index (χ1v) is 5.42. The molecule has 1 aliphatic rings. The summed E-state index contributed by atoms with van der Waals surface area (Å²) in [7, 11) is 0. The van der Waals surface area contributed by atoms with Crippen molar-refractivity contribution in [2.45, 2.75) is 37.8 Å². The zero-order chi connectivity index (χ0) is 13.6. The highest BCUT2D eigenvalue weighted by molar-refractivity contribution is 5.81. The minimum atomic E-state index is -4.66. The first kappa shape index (κ1) is 12.8. The number of carbonyl (C=O) groups is 1. The number of aryl methyl sites for hydroxylation is 1. The average molecular weight is 260 g/mol. The quantitative estimate of drug-likeness (QED) is 0.840. The van der Waals surface area contributed by atoms with Crippen molar-refractivity contribution in [1.29, 1.82) is 0 Å². The smallest absolute Gasteiger partial charge is 0.451 e. The fourth-order valence-corrected chi connectivity index (χ4v) is 2.16. The molecule has 1 atom stereocenters. The molecule has 0 bridgehead atoms. The molecule has 18 heavy (non-hydrogen) atoms. The highest BCUT2D eigenvalue weighted by atomic mass is 19.4. The number of rotatable bonds is 1. The summed E-state index contributed by atoms with van der Waals surface area (Å²) in [5, 5.41) is 9.20. The maximum Gasteiger partial charge on any atom is 0.451 e. The molecule has 7 heteroatoms. The van der Waals surface area contributed by atoms with Crippen molar-refractivity contribution in [1.82, 2.24) is 9.97 Å². The first-order chi connectivity index (χ1) is 8.25. The number of carboxylic acid groups (broad SMARTS) is 1. The number of aliphatic carboxylic acids is 1. The molecule has 1 heterocycles. The van der Waals surface area contributed by atoms with E-state index in [0.29, 0.717) is 18.4 Å². The fourth-order valence-electron chi connectivity index (χ4n) is 2.16. The Hall–Kier alpha value is -1.66. The number of fused-ring (bicyclic) bond motifs is 1. The minimum absolute atomic E-state index is 0.0106. The summed E-state index contributed by atoms with van der Waals surface area (Å²) in [6.45, 7) is 1.40. The monoisotopic (exact) mass is 260 g/mol. The Morgan fingerprint density at radius 2 is 2.17 bits per heavy atom. The standard InChI is InChI=1S/C11H11F3N2O2/c1-10(9(17)18)4-2-3-6-5-15-8(11(12,13)14)16-7(6)10/h5H,2-4H2,1H3,(H,17,18). The van der Waals surface area contributed by atoms with Crippen LogP contribution in [0, 0.1) is 0 Å². The summed E-state index contributed by atoms with van der Waals surface area (Å²) in [5.41, 5.74) is -0.890. The predicted octanol–water partition coefficient (Wildman–Crippen LogP) is 2.17. The summed E-state index contributed by atoms with van der Waals surface area (Å²) >= 11 is 0. The van der Waals surface area contributed by atoms with Gasteiger partial charge in [-0.25, -0.2) is 9.97 Å². The van der Waals surface area contributed by atoms with Gasteiger partial charge in [0.25, 0.3) is 0 Å². The maximum absolute atomic E-state index is 12.5. The Labute approximate surface area is 101 Å². The van der Waals surface area contributed by atoms with Crippen LogP contribution in [0.15, 0.2) is 6.20 Å². The van der Waals surface area contributed by atoms with Gasteiger partial charge in [-0.2, -0.15) is 13.2 Å².